The number of rotatable bonds is 3. The molecule has 0 spiro atoms. The van der Waals surface area contributed by atoms with Crippen LogP contribution < -0.4 is 4.90 Å². The number of aliphatic hydroxyl groups is 1. The Morgan fingerprint density at radius 1 is 1.50 bits per heavy atom. The number of anilines is 1. The maximum absolute atomic E-state index is 9.71. The number of nitriles is 1. The molecular formula is C13H16N2O. The molecule has 16 heavy (non-hydrogen) atoms. The molecule has 0 bridgehead atoms. The highest BCUT2D eigenvalue weighted by molar-refractivity contribution is 5.59. The smallest absolute Gasteiger partial charge is 0.0992 e. The zero-order valence-electron chi connectivity index (χ0n) is 9.64. The van der Waals surface area contributed by atoms with Gasteiger partial charge in [0.25, 0.3) is 0 Å². The van der Waals surface area contributed by atoms with E-state index in [-0.39, 0.29) is 0 Å². The summed E-state index contributed by atoms with van der Waals surface area (Å²) in [5.74, 6) is 0. The molecule has 1 aromatic rings. The molecule has 1 unspecified atom stereocenters. The molecule has 0 radical (unpaired) electrons. The molecule has 1 aromatic carbocycles. The van der Waals surface area contributed by atoms with Crippen molar-refractivity contribution in [2.24, 2.45) is 0 Å². The van der Waals surface area contributed by atoms with Crippen molar-refractivity contribution in [2.45, 2.75) is 31.9 Å². The van der Waals surface area contributed by atoms with Gasteiger partial charge in [-0.3, -0.25) is 0 Å². The summed E-state index contributed by atoms with van der Waals surface area (Å²) >= 11 is 0. The highest BCUT2D eigenvalue weighted by atomic mass is 16.3. The fourth-order valence-electron chi connectivity index (χ4n) is 1.93. The first-order chi connectivity index (χ1) is 7.63. The predicted molar refractivity (Wildman–Crippen MR) is 63.2 cm³/mol. The molecule has 3 nitrogen and oxygen atoms in total. The molecule has 0 aliphatic heterocycles. The topological polar surface area (TPSA) is 47.3 Å². The molecule has 1 aliphatic rings. The van der Waals surface area contributed by atoms with Crippen molar-refractivity contribution in [3.05, 3.63) is 29.3 Å². The minimum absolute atomic E-state index is 0.496. The Kier molecular flexibility index (Phi) is 2.84. The van der Waals surface area contributed by atoms with E-state index in [4.69, 9.17) is 5.26 Å². The van der Waals surface area contributed by atoms with E-state index in [1.165, 1.54) is 12.8 Å². The minimum atomic E-state index is -0.496. The van der Waals surface area contributed by atoms with E-state index in [0.29, 0.717) is 11.6 Å². The second-order valence-electron chi connectivity index (χ2n) is 4.40. The molecular weight excluding hydrogens is 200 g/mol. The van der Waals surface area contributed by atoms with Crippen molar-refractivity contribution in [2.75, 3.05) is 11.9 Å². The number of hydrogen-bond acceptors (Lipinski definition) is 3. The molecule has 1 saturated carbocycles. The Hall–Kier alpha value is -1.53. The number of hydrogen-bond donors (Lipinski definition) is 1. The summed E-state index contributed by atoms with van der Waals surface area (Å²) in [6, 6.07) is 8.18. The lowest BCUT2D eigenvalue weighted by atomic mass is 10.0. The van der Waals surface area contributed by atoms with E-state index in [9.17, 15) is 5.11 Å². The largest absolute Gasteiger partial charge is 0.389 e. The minimum Gasteiger partial charge on any atom is -0.389 e. The maximum atomic E-state index is 9.71. The number of benzene rings is 1. The van der Waals surface area contributed by atoms with Crippen molar-refractivity contribution < 1.29 is 5.11 Å². The third-order valence-electron chi connectivity index (χ3n) is 3.08. The van der Waals surface area contributed by atoms with Crippen LogP contribution in [0.1, 0.15) is 37.0 Å². The summed E-state index contributed by atoms with van der Waals surface area (Å²) in [7, 11) is 2.03. The van der Waals surface area contributed by atoms with Gasteiger partial charge in [-0.05, 0) is 31.9 Å². The predicted octanol–water partition coefficient (Wildman–Crippen LogP) is 2.21. The van der Waals surface area contributed by atoms with Gasteiger partial charge in [-0.25, -0.2) is 0 Å². The van der Waals surface area contributed by atoms with E-state index < -0.39 is 6.10 Å². The van der Waals surface area contributed by atoms with Crippen molar-refractivity contribution >= 4 is 5.69 Å². The molecule has 3 heteroatoms. The molecule has 0 amide bonds. The Morgan fingerprint density at radius 3 is 2.69 bits per heavy atom. The second kappa shape index (κ2) is 4.15. The lowest BCUT2D eigenvalue weighted by Crippen LogP contribution is -2.21. The Labute approximate surface area is 95.9 Å². The first kappa shape index (κ1) is 11.0. The van der Waals surface area contributed by atoms with Gasteiger partial charge < -0.3 is 10.0 Å². The molecule has 1 aliphatic carbocycles. The Balaban J connectivity index is 2.41. The van der Waals surface area contributed by atoms with E-state index >= 15 is 0 Å². The van der Waals surface area contributed by atoms with Crippen LogP contribution in [0.5, 0.6) is 0 Å². The van der Waals surface area contributed by atoms with Crippen molar-refractivity contribution in [3.8, 4) is 6.07 Å². The van der Waals surface area contributed by atoms with Gasteiger partial charge in [-0.15, -0.1) is 0 Å². The summed E-state index contributed by atoms with van der Waals surface area (Å²) in [5.41, 5.74) is 2.52. The summed E-state index contributed by atoms with van der Waals surface area (Å²) in [4.78, 5) is 2.17. The highest BCUT2D eigenvalue weighted by Crippen LogP contribution is 2.34. The molecule has 0 aromatic heterocycles. The Bertz CT molecular complexity index is 430. The van der Waals surface area contributed by atoms with Gasteiger partial charge in [0.05, 0.1) is 17.7 Å². The van der Waals surface area contributed by atoms with Gasteiger partial charge >= 0.3 is 0 Å². The van der Waals surface area contributed by atoms with Gasteiger partial charge in [0.2, 0.25) is 0 Å². The summed E-state index contributed by atoms with van der Waals surface area (Å²) in [6.07, 6.45) is 1.91. The molecule has 1 N–H and O–H groups in total. The van der Waals surface area contributed by atoms with Crippen LogP contribution in [0.4, 0.5) is 5.69 Å². The quantitative estimate of drug-likeness (QED) is 0.842. The maximum Gasteiger partial charge on any atom is 0.0992 e. The lowest BCUT2D eigenvalue weighted by Gasteiger charge is -2.23. The van der Waals surface area contributed by atoms with E-state index in [1.54, 1.807) is 13.0 Å². The normalized spacial score (nSPS) is 16.6. The van der Waals surface area contributed by atoms with Crippen LogP contribution in [0.25, 0.3) is 0 Å². The monoisotopic (exact) mass is 216 g/mol. The third kappa shape index (κ3) is 2.02. The fraction of sp³-hybridized carbons (Fsp3) is 0.462. The standard InChI is InChI=1S/C13H16N2O/c1-9(16)12-6-3-10(8-14)7-13(12)15(2)11-4-5-11/h3,6-7,9,11,16H,4-5H2,1-2H3. The van der Waals surface area contributed by atoms with Crippen LogP contribution in [-0.2, 0) is 0 Å². The second-order valence-corrected chi connectivity index (χ2v) is 4.40. The summed E-state index contributed by atoms with van der Waals surface area (Å²) in [5, 5.41) is 18.6. The van der Waals surface area contributed by atoms with Crippen molar-refractivity contribution in [3.63, 3.8) is 0 Å². The van der Waals surface area contributed by atoms with E-state index in [1.807, 2.05) is 19.2 Å². The van der Waals surface area contributed by atoms with Crippen LogP contribution in [0.2, 0.25) is 0 Å². The molecule has 0 saturated heterocycles. The zero-order chi connectivity index (χ0) is 11.7. The SMILES string of the molecule is CC(O)c1ccc(C#N)cc1N(C)C1CC1. The van der Waals surface area contributed by atoms with Crippen LogP contribution in [-0.4, -0.2) is 18.2 Å². The molecule has 1 fully saturated rings. The summed E-state index contributed by atoms with van der Waals surface area (Å²) < 4.78 is 0. The first-order valence-electron chi connectivity index (χ1n) is 5.58. The van der Waals surface area contributed by atoms with Gasteiger partial charge in [0, 0.05) is 24.3 Å². The lowest BCUT2D eigenvalue weighted by molar-refractivity contribution is 0.199. The molecule has 2 rings (SSSR count). The van der Waals surface area contributed by atoms with E-state index in [2.05, 4.69) is 11.0 Å². The number of aliphatic hydroxyl groups excluding tert-OH is 1. The molecule has 0 heterocycles. The molecule has 1 atom stereocenters. The van der Waals surface area contributed by atoms with Gasteiger partial charge in [0.1, 0.15) is 0 Å². The van der Waals surface area contributed by atoms with Crippen LogP contribution >= 0.6 is 0 Å². The van der Waals surface area contributed by atoms with Crippen molar-refractivity contribution in [1.82, 2.24) is 0 Å². The fourth-order valence-corrected chi connectivity index (χ4v) is 1.93. The van der Waals surface area contributed by atoms with Gasteiger partial charge in [0.15, 0.2) is 0 Å². The summed E-state index contributed by atoms with van der Waals surface area (Å²) in [6.45, 7) is 1.76. The average molecular weight is 216 g/mol. The average Bonchev–Trinajstić information content (AvgIpc) is 3.11. The van der Waals surface area contributed by atoms with Gasteiger partial charge in [-0.1, -0.05) is 6.07 Å². The first-order valence-corrected chi connectivity index (χ1v) is 5.58. The number of nitrogens with zero attached hydrogens (tertiary/aromatic N) is 2. The molecule has 84 valence electrons. The Morgan fingerprint density at radius 2 is 2.19 bits per heavy atom. The van der Waals surface area contributed by atoms with Crippen molar-refractivity contribution in [1.29, 1.82) is 5.26 Å². The van der Waals surface area contributed by atoms with Crippen LogP contribution in [0, 0.1) is 11.3 Å². The van der Waals surface area contributed by atoms with E-state index in [0.717, 1.165) is 11.3 Å². The van der Waals surface area contributed by atoms with Gasteiger partial charge in [-0.2, -0.15) is 5.26 Å². The van der Waals surface area contributed by atoms with Crippen LogP contribution in [0.3, 0.4) is 0 Å². The third-order valence-corrected chi connectivity index (χ3v) is 3.08. The zero-order valence-corrected chi connectivity index (χ0v) is 9.64. The van der Waals surface area contributed by atoms with Crippen LogP contribution in [0.15, 0.2) is 18.2 Å². The highest BCUT2D eigenvalue weighted by Gasteiger charge is 2.28.